The van der Waals surface area contributed by atoms with Crippen LogP contribution >= 0.6 is 27.5 Å². The molecule has 2 rings (SSSR count). The van der Waals surface area contributed by atoms with Crippen molar-refractivity contribution in [2.45, 2.75) is 19.4 Å². The maximum Gasteiger partial charge on any atom is 0.255 e. The topological polar surface area (TPSA) is 40.5 Å². The quantitative estimate of drug-likeness (QED) is 0.904. The Morgan fingerprint density at radius 3 is 2.67 bits per heavy atom. The number of halogens is 2. The van der Waals surface area contributed by atoms with Gasteiger partial charge in [0.25, 0.3) is 5.91 Å². The van der Waals surface area contributed by atoms with Crippen molar-refractivity contribution in [2.24, 2.45) is 5.92 Å². The molecule has 0 aliphatic carbocycles. The Kier molecular flexibility index (Phi) is 3.72. The normalized spacial score (nSPS) is 17.8. The summed E-state index contributed by atoms with van der Waals surface area (Å²) >= 11 is 9.23. The average molecular weight is 333 g/mol. The molecule has 0 radical (unpaired) electrons. The molecular formula is C13H15BrClNO2. The Bertz CT molecular complexity index is 484. The Balaban J connectivity index is 2.13. The lowest BCUT2D eigenvalue weighted by molar-refractivity contribution is -0.110. The minimum absolute atomic E-state index is 0.102. The standard InChI is InChI=1S/C13H15BrClNO2/c1-8(2)13(18)6-16(7-13)12(17)10-5-9(15)3-4-11(10)14/h3-5,8,18H,6-7H2,1-2H3. The van der Waals surface area contributed by atoms with Gasteiger partial charge in [0.05, 0.1) is 18.7 Å². The lowest BCUT2D eigenvalue weighted by atomic mass is 9.82. The number of benzene rings is 1. The van der Waals surface area contributed by atoms with Crippen LogP contribution in [0, 0.1) is 5.92 Å². The van der Waals surface area contributed by atoms with Crippen molar-refractivity contribution in [1.29, 1.82) is 0 Å². The van der Waals surface area contributed by atoms with Gasteiger partial charge in [0.1, 0.15) is 5.60 Å². The average Bonchev–Trinajstić information content (AvgIpc) is 2.27. The van der Waals surface area contributed by atoms with E-state index in [2.05, 4.69) is 15.9 Å². The third kappa shape index (κ3) is 2.42. The zero-order valence-corrected chi connectivity index (χ0v) is 12.6. The van der Waals surface area contributed by atoms with Crippen molar-refractivity contribution in [3.05, 3.63) is 33.3 Å². The van der Waals surface area contributed by atoms with Crippen LogP contribution in [-0.2, 0) is 0 Å². The van der Waals surface area contributed by atoms with Crippen molar-refractivity contribution >= 4 is 33.4 Å². The molecule has 0 unspecified atom stereocenters. The summed E-state index contributed by atoms with van der Waals surface area (Å²) in [5.41, 5.74) is -0.214. The highest BCUT2D eigenvalue weighted by Crippen LogP contribution is 2.31. The Morgan fingerprint density at radius 2 is 2.11 bits per heavy atom. The highest BCUT2D eigenvalue weighted by atomic mass is 79.9. The van der Waals surface area contributed by atoms with Gasteiger partial charge in [-0.2, -0.15) is 0 Å². The summed E-state index contributed by atoms with van der Waals surface area (Å²) < 4.78 is 0.719. The van der Waals surface area contributed by atoms with Crippen LogP contribution in [0.3, 0.4) is 0 Å². The van der Waals surface area contributed by atoms with E-state index < -0.39 is 5.60 Å². The lowest BCUT2D eigenvalue weighted by Crippen LogP contribution is -2.66. The summed E-state index contributed by atoms with van der Waals surface area (Å²) in [7, 11) is 0. The fourth-order valence-corrected chi connectivity index (χ4v) is 2.54. The van der Waals surface area contributed by atoms with Gasteiger partial charge >= 0.3 is 0 Å². The van der Waals surface area contributed by atoms with Crippen LogP contribution in [0.15, 0.2) is 22.7 Å². The summed E-state index contributed by atoms with van der Waals surface area (Å²) in [6, 6.07) is 5.12. The Labute approximate surface area is 120 Å². The molecule has 0 saturated carbocycles. The number of rotatable bonds is 2. The van der Waals surface area contributed by atoms with Crippen molar-refractivity contribution in [1.82, 2.24) is 4.90 Å². The molecule has 1 aromatic rings. The van der Waals surface area contributed by atoms with Crippen LogP contribution < -0.4 is 0 Å². The molecular weight excluding hydrogens is 318 g/mol. The van der Waals surface area contributed by atoms with E-state index in [1.807, 2.05) is 13.8 Å². The van der Waals surface area contributed by atoms with Gasteiger partial charge in [-0.05, 0) is 40.0 Å². The van der Waals surface area contributed by atoms with Crippen LogP contribution in [0.1, 0.15) is 24.2 Å². The third-order valence-electron chi connectivity index (χ3n) is 3.45. The lowest BCUT2D eigenvalue weighted by Gasteiger charge is -2.49. The Morgan fingerprint density at radius 1 is 1.50 bits per heavy atom. The van der Waals surface area contributed by atoms with E-state index in [0.29, 0.717) is 23.7 Å². The number of nitrogens with zero attached hydrogens (tertiary/aromatic N) is 1. The van der Waals surface area contributed by atoms with Gasteiger partial charge < -0.3 is 10.0 Å². The number of amides is 1. The number of carbonyl (C=O) groups is 1. The van der Waals surface area contributed by atoms with Crippen molar-refractivity contribution in [2.75, 3.05) is 13.1 Å². The highest BCUT2D eigenvalue weighted by molar-refractivity contribution is 9.10. The fraction of sp³-hybridized carbons (Fsp3) is 0.462. The number of carbonyl (C=O) groups excluding carboxylic acids is 1. The Hall–Kier alpha value is -0.580. The summed E-state index contributed by atoms with van der Waals surface area (Å²) in [5.74, 6) is 0.0408. The van der Waals surface area contributed by atoms with E-state index >= 15 is 0 Å². The minimum atomic E-state index is -0.749. The maximum absolute atomic E-state index is 12.2. The van der Waals surface area contributed by atoms with Crippen molar-refractivity contribution in [3.8, 4) is 0 Å². The SMILES string of the molecule is CC(C)C1(O)CN(C(=O)c2cc(Cl)ccc2Br)C1. The summed E-state index contributed by atoms with van der Waals surface area (Å²) in [5, 5.41) is 10.7. The number of hydrogen-bond donors (Lipinski definition) is 1. The van der Waals surface area contributed by atoms with Gasteiger partial charge in [-0.15, -0.1) is 0 Å². The molecule has 3 nitrogen and oxygen atoms in total. The molecule has 1 aromatic carbocycles. The van der Waals surface area contributed by atoms with E-state index in [-0.39, 0.29) is 11.8 Å². The van der Waals surface area contributed by atoms with E-state index in [1.54, 1.807) is 23.1 Å². The highest BCUT2D eigenvalue weighted by Gasteiger charge is 2.46. The number of likely N-dealkylation sites (tertiary alicyclic amines) is 1. The summed E-state index contributed by atoms with van der Waals surface area (Å²) in [6.07, 6.45) is 0. The molecule has 0 spiro atoms. The van der Waals surface area contributed by atoms with Crippen molar-refractivity contribution in [3.63, 3.8) is 0 Å². The zero-order chi connectivity index (χ0) is 13.5. The molecule has 0 bridgehead atoms. The molecule has 98 valence electrons. The van der Waals surface area contributed by atoms with Crippen LogP contribution in [-0.4, -0.2) is 34.6 Å². The molecule has 1 N–H and O–H groups in total. The molecule has 1 aliphatic rings. The first-order valence-electron chi connectivity index (χ1n) is 5.80. The van der Waals surface area contributed by atoms with Gasteiger partial charge in [0.2, 0.25) is 0 Å². The smallest absolute Gasteiger partial charge is 0.255 e. The van der Waals surface area contributed by atoms with Gasteiger partial charge in [0, 0.05) is 9.50 Å². The first-order valence-corrected chi connectivity index (χ1v) is 6.97. The first-order chi connectivity index (χ1) is 8.33. The zero-order valence-electron chi connectivity index (χ0n) is 10.3. The maximum atomic E-state index is 12.2. The van der Waals surface area contributed by atoms with Crippen LogP contribution in [0.5, 0.6) is 0 Å². The largest absolute Gasteiger partial charge is 0.386 e. The van der Waals surface area contributed by atoms with Gasteiger partial charge in [-0.3, -0.25) is 4.79 Å². The van der Waals surface area contributed by atoms with Gasteiger partial charge in [-0.25, -0.2) is 0 Å². The number of aliphatic hydroxyl groups is 1. The van der Waals surface area contributed by atoms with Crippen LogP contribution in [0.2, 0.25) is 5.02 Å². The predicted molar refractivity (Wildman–Crippen MR) is 74.8 cm³/mol. The predicted octanol–water partition coefficient (Wildman–Crippen LogP) is 2.95. The molecule has 18 heavy (non-hydrogen) atoms. The monoisotopic (exact) mass is 331 g/mol. The summed E-state index contributed by atoms with van der Waals surface area (Å²) in [6.45, 7) is 4.67. The van der Waals surface area contributed by atoms with Gasteiger partial charge in [-0.1, -0.05) is 25.4 Å². The molecule has 1 amide bonds. The second-order valence-corrected chi connectivity index (χ2v) is 6.33. The van der Waals surface area contributed by atoms with Crippen molar-refractivity contribution < 1.29 is 9.90 Å². The van der Waals surface area contributed by atoms with E-state index in [9.17, 15) is 9.90 Å². The summed E-state index contributed by atoms with van der Waals surface area (Å²) in [4.78, 5) is 13.9. The second-order valence-electron chi connectivity index (χ2n) is 5.04. The van der Waals surface area contributed by atoms with E-state index in [4.69, 9.17) is 11.6 Å². The molecule has 0 aromatic heterocycles. The van der Waals surface area contributed by atoms with Crippen LogP contribution in [0.25, 0.3) is 0 Å². The minimum Gasteiger partial charge on any atom is -0.386 e. The molecule has 1 aliphatic heterocycles. The van der Waals surface area contributed by atoms with E-state index in [0.717, 1.165) is 4.47 Å². The number of hydrogen-bond acceptors (Lipinski definition) is 2. The van der Waals surface area contributed by atoms with Gasteiger partial charge in [0.15, 0.2) is 0 Å². The molecule has 1 saturated heterocycles. The fourth-order valence-electron chi connectivity index (χ4n) is 1.96. The molecule has 1 fully saturated rings. The molecule has 0 atom stereocenters. The van der Waals surface area contributed by atoms with E-state index in [1.165, 1.54) is 0 Å². The molecule has 1 heterocycles. The second kappa shape index (κ2) is 4.83. The third-order valence-corrected chi connectivity index (χ3v) is 4.38. The molecule has 5 heteroatoms. The number of β-amino-alcohol motifs (C(OH)–C–C–N with tert-alkyl or cyclic N) is 1. The first kappa shape index (κ1) is 13.8. The van der Waals surface area contributed by atoms with Crippen LogP contribution in [0.4, 0.5) is 0 Å².